The van der Waals surface area contributed by atoms with Crippen molar-refractivity contribution in [2.24, 2.45) is 0 Å². The maximum Gasteiger partial charge on any atom is 0.154 e. The van der Waals surface area contributed by atoms with Crippen LogP contribution in [0, 0.1) is 0 Å². The Bertz CT molecular complexity index is 925. The number of fused-ring (bicyclic) bond motifs is 1. The normalized spacial score (nSPS) is 17.7. The lowest BCUT2D eigenvalue weighted by Crippen LogP contribution is -2.47. The Balaban J connectivity index is 1.36. The SMILES string of the molecule is COc1cccc(N2CCN(c3nccn4nc(C5CC5)cc34)CC2)c1. The largest absolute Gasteiger partial charge is 0.497 e. The first-order chi connectivity index (χ1) is 12.8. The molecule has 0 amide bonds. The molecule has 0 bridgehead atoms. The number of nitrogens with zero attached hydrogens (tertiary/aromatic N) is 5. The fraction of sp³-hybridized carbons (Fsp3) is 0.400. The molecule has 26 heavy (non-hydrogen) atoms. The Hall–Kier alpha value is -2.76. The average molecular weight is 349 g/mol. The van der Waals surface area contributed by atoms with Gasteiger partial charge in [-0.25, -0.2) is 9.50 Å². The lowest BCUT2D eigenvalue weighted by molar-refractivity contribution is 0.414. The third-order valence-electron chi connectivity index (χ3n) is 5.38. The van der Waals surface area contributed by atoms with Crippen molar-refractivity contribution in [3.8, 4) is 5.75 Å². The summed E-state index contributed by atoms with van der Waals surface area (Å²) in [4.78, 5) is 9.46. The molecule has 134 valence electrons. The number of hydrogen-bond acceptors (Lipinski definition) is 5. The van der Waals surface area contributed by atoms with E-state index in [1.807, 2.05) is 23.0 Å². The maximum atomic E-state index is 5.35. The van der Waals surface area contributed by atoms with Crippen LogP contribution in [0.5, 0.6) is 5.75 Å². The summed E-state index contributed by atoms with van der Waals surface area (Å²) >= 11 is 0. The van der Waals surface area contributed by atoms with Crippen molar-refractivity contribution in [1.82, 2.24) is 14.6 Å². The van der Waals surface area contributed by atoms with Crippen LogP contribution in [0.2, 0.25) is 0 Å². The molecule has 6 heteroatoms. The Morgan fingerprint density at radius 1 is 1.04 bits per heavy atom. The van der Waals surface area contributed by atoms with Crippen LogP contribution in [0.3, 0.4) is 0 Å². The number of benzene rings is 1. The molecule has 6 nitrogen and oxygen atoms in total. The zero-order chi connectivity index (χ0) is 17.5. The molecule has 1 aliphatic carbocycles. The van der Waals surface area contributed by atoms with E-state index >= 15 is 0 Å². The summed E-state index contributed by atoms with van der Waals surface area (Å²) in [5, 5.41) is 4.74. The molecule has 2 fully saturated rings. The molecule has 2 aromatic heterocycles. The van der Waals surface area contributed by atoms with Crippen molar-refractivity contribution in [1.29, 1.82) is 0 Å². The summed E-state index contributed by atoms with van der Waals surface area (Å²) in [5.41, 5.74) is 3.56. The fourth-order valence-electron chi connectivity index (χ4n) is 3.73. The Morgan fingerprint density at radius 3 is 2.62 bits per heavy atom. The van der Waals surface area contributed by atoms with Crippen LogP contribution in [-0.2, 0) is 0 Å². The summed E-state index contributed by atoms with van der Waals surface area (Å²) in [6.45, 7) is 3.85. The van der Waals surface area contributed by atoms with Crippen molar-refractivity contribution in [2.45, 2.75) is 18.8 Å². The van der Waals surface area contributed by atoms with Crippen LogP contribution < -0.4 is 14.5 Å². The highest BCUT2D eigenvalue weighted by molar-refractivity contribution is 5.70. The van der Waals surface area contributed by atoms with Crippen LogP contribution in [0.1, 0.15) is 24.5 Å². The molecule has 0 unspecified atom stereocenters. The first-order valence-electron chi connectivity index (χ1n) is 9.30. The molecule has 1 aliphatic heterocycles. The minimum atomic E-state index is 0.660. The van der Waals surface area contributed by atoms with Crippen LogP contribution in [-0.4, -0.2) is 47.9 Å². The smallest absolute Gasteiger partial charge is 0.154 e. The van der Waals surface area contributed by atoms with Crippen molar-refractivity contribution < 1.29 is 4.74 Å². The maximum absolute atomic E-state index is 5.35. The second-order valence-electron chi connectivity index (χ2n) is 7.10. The van der Waals surface area contributed by atoms with Gasteiger partial charge in [0.25, 0.3) is 0 Å². The standard InChI is InChI=1S/C20H23N5O/c1-26-17-4-2-3-16(13-17)23-9-11-24(12-10-23)20-19-14-18(15-5-6-15)22-25(19)8-7-21-20/h2-4,7-8,13-15H,5-6,9-12H2,1H3. The van der Waals surface area contributed by atoms with Gasteiger partial charge >= 0.3 is 0 Å². The van der Waals surface area contributed by atoms with Gasteiger partial charge in [0.1, 0.15) is 11.3 Å². The van der Waals surface area contributed by atoms with Crippen molar-refractivity contribution in [3.63, 3.8) is 0 Å². The van der Waals surface area contributed by atoms with E-state index in [9.17, 15) is 0 Å². The monoisotopic (exact) mass is 349 g/mol. The van der Waals surface area contributed by atoms with Gasteiger partial charge < -0.3 is 14.5 Å². The minimum Gasteiger partial charge on any atom is -0.497 e. The molecule has 2 aliphatic rings. The van der Waals surface area contributed by atoms with Gasteiger partial charge in [0, 0.05) is 56.2 Å². The van der Waals surface area contributed by atoms with Crippen molar-refractivity contribution in [3.05, 3.63) is 48.4 Å². The second-order valence-corrected chi connectivity index (χ2v) is 7.10. The lowest BCUT2D eigenvalue weighted by Gasteiger charge is -2.36. The van der Waals surface area contributed by atoms with E-state index in [0.717, 1.165) is 43.3 Å². The van der Waals surface area contributed by atoms with Crippen LogP contribution >= 0.6 is 0 Å². The van der Waals surface area contributed by atoms with Gasteiger partial charge in [-0.15, -0.1) is 0 Å². The van der Waals surface area contributed by atoms with Gasteiger partial charge in [0.2, 0.25) is 0 Å². The van der Waals surface area contributed by atoms with Gasteiger partial charge in [-0.05, 0) is 31.0 Å². The molecular weight excluding hydrogens is 326 g/mol. The van der Waals surface area contributed by atoms with E-state index in [-0.39, 0.29) is 0 Å². The van der Waals surface area contributed by atoms with Crippen LogP contribution in [0.25, 0.3) is 5.52 Å². The van der Waals surface area contributed by atoms with E-state index in [2.05, 4.69) is 39.0 Å². The highest BCUT2D eigenvalue weighted by Crippen LogP contribution is 2.40. The van der Waals surface area contributed by atoms with E-state index in [1.54, 1.807) is 7.11 Å². The van der Waals surface area contributed by atoms with E-state index in [0.29, 0.717) is 5.92 Å². The molecule has 5 rings (SSSR count). The highest BCUT2D eigenvalue weighted by Gasteiger charge is 2.28. The number of methoxy groups -OCH3 is 1. The number of hydrogen-bond donors (Lipinski definition) is 0. The molecule has 1 saturated carbocycles. The molecule has 3 aromatic rings. The summed E-state index contributed by atoms with van der Waals surface area (Å²) in [6, 6.07) is 10.5. The molecule has 3 heterocycles. The lowest BCUT2D eigenvalue weighted by atomic mass is 10.2. The van der Waals surface area contributed by atoms with E-state index < -0.39 is 0 Å². The molecule has 0 radical (unpaired) electrons. The molecule has 1 aromatic carbocycles. The third kappa shape index (κ3) is 2.75. The summed E-state index contributed by atoms with van der Waals surface area (Å²) in [5.74, 6) is 2.62. The number of anilines is 2. The topological polar surface area (TPSA) is 45.9 Å². The molecule has 0 spiro atoms. The molecular formula is C20H23N5O. The van der Waals surface area contributed by atoms with Gasteiger partial charge in [0.05, 0.1) is 12.8 Å². The highest BCUT2D eigenvalue weighted by atomic mass is 16.5. The number of aromatic nitrogens is 3. The molecule has 1 saturated heterocycles. The van der Waals surface area contributed by atoms with E-state index in [1.165, 1.54) is 24.2 Å². The van der Waals surface area contributed by atoms with Gasteiger partial charge in [-0.1, -0.05) is 6.07 Å². The van der Waals surface area contributed by atoms with Crippen LogP contribution in [0.15, 0.2) is 42.7 Å². The van der Waals surface area contributed by atoms with Crippen molar-refractivity contribution in [2.75, 3.05) is 43.1 Å². The van der Waals surface area contributed by atoms with Crippen LogP contribution in [0.4, 0.5) is 11.5 Å². The first-order valence-corrected chi connectivity index (χ1v) is 9.30. The van der Waals surface area contributed by atoms with Gasteiger partial charge in [-0.3, -0.25) is 0 Å². The Morgan fingerprint density at radius 2 is 1.85 bits per heavy atom. The second kappa shape index (κ2) is 6.20. The molecule has 0 N–H and O–H groups in total. The third-order valence-corrected chi connectivity index (χ3v) is 5.38. The Kier molecular flexibility index (Phi) is 3.69. The zero-order valence-electron chi connectivity index (χ0n) is 15.0. The minimum absolute atomic E-state index is 0.660. The van der Waals surface area contributed by atoms with Gasteiger partial charge in [0.15, 0.2) is 5.82 Å². The fourth-order valence-corrected chi connectivity index (χ4v) is 3.73. The Labute approximate surface area is 153 Å². The van der Waals surface area contributed by atoms with Crippen molar-refractivity contribution >= 4 is 17.0 Å². The average Bonchev–Trinajstić information content (AvgIpc) is 3.46. The summed E-state index contributed by atoms with van der Waals surface area (Å²) < 4.78 is 7.34. The molecule has 0 atom stereocenters. The van der Waals surface area contributed by atoms with Gasteiger partial charge in [-0.2, -0.15) is 5.10 Å². The quantitative estimate of drug-likeness (QED) is 0.725. The number of rotatable bonds is 4. The summed E-state index contributed by atoms with van der Waals surface area (Å²) in [7, 11) is 1.71. The number of ether oxygens (including phenoxy) is 1. The van der Waals surface area contributed by atoms with E-state index in [4.69, 9.17) is 9.84 Å². The predicted molar refractivity (Wildman–Crippen MR) is 102 cm³/mol. The first kappa shape index (κ1) is 15.5. The predicted octanol–water partition coefficient (Wildman–Crippen LogP) is 2.94. The zero-order valence-corrected chi connectivity index (χ0v) is 15.0. The summed E-state index contributed by atoms with van der Waals surface area (Å²) in [6.07, 6.45) is 6.36. The number of piperazine rings is 1.